The van der Waals surface area contributed by atoms with Crippen LogP contribution in [0, 0.1) is 10.5 Å². The van der Waals surface area contributed by atoms with Gasteiger partial charge in [0.2, 0.25) is 0 Å². The molecule has 3 heteroatoms. The fraction of sp³-hybridized carbons (Fsp3) is 0.600. The van der Waals surface area contributed by atoms with Gasteiger partial charge in [0.05, 0.1) is 17.2 Å². The van der Waals surface area contributed by atoms with Gasteiger partial charge >= 0.3 is 0 Å². The Morgan fingerprint density at radius 2 is 1.94 bits per heavy atom. The molecule has 0 aliphatic carbocycles. The van der Waals surface area contributed by atoms with E-state index in [-0.39, 0.29) is 11.2 Å². The fourth-order valence-electron chi connectivity index (χ4n) is 2.76. The molecule has 2 nitrogen and oxygen atoms in total. The van der Waals surface area contributed by atoms with Gasteiger partial charge in [-0.2, -0.15) is 0 Å². The molecular weight excluding hydrogens is 337 g/mol. The van der Waals surface area contributed by atoms with Gasteiger partial charge in [0, 0.05) is 9.26 Å². The second-order valence-corrected chi connectivity index (χ2v) is 7.57. The summed E-state index contributed by atoms with van der Waals surface area (Å²) in [6.07, 6.45) is 1.03. The molecule has 0 saturated carbocycles. The lowest BCUT2D eigenvalue weighted by atomic mass is 9.94. The molecule has 1 heterocycles. The summed E-state index contributed by atoms with van der Waals surface area (Å²) in [5.41, 5.74) is 2.34. The number of ether oxygens (including phenoxy) is 1. The molecule has 2 rings (SSSR count). The van der Waals surface area contributed by atoms with Crippen molar-refractivity contribution in [1.82, 2.24) is 0 Å². The van der Waals surface area contributed by atoms with E-state index in [1.807, 2.05) is 0 Å². The molecular formula is C15H22INO. The Morgan fingerprint density at radius 1 is 1.28 bits per heavy atom. The highest BCUT2D eigenvalue weighted by Gasteiger charge is 2.45. The van der Waals surface area contributed by atoms with Crippen molar-refractivity contribution >= 4 is 28.3 Å². The van der Waals surface area contributed by atoms with Gasteiger partial charge in [-0.05, 0) is 87.4 Å². The number of aryl methyl sites for hydroxylation is 1. The quantitative estimate of drug-likeness (QED) is 0.793. The second kappa shape index (κ2) is 4.67. The van der Waals surface area contributed by atoms with Gasteiger partial charge in [0.15, 0.2) is 0 Å². The number of hydrogen-bond donors (Lipinski definition) is 1. The highest BCUT2D eigenvalue weighted by atomic mass is 127. The van der Waals surface area contributed by atoms with Gasteiger partial charge in [-0.25, -0.2) is 0 Å². The smallest absolute Gasteiger partial charge is 0.0834 e. The molecule has 1 atom stereocenters. The van der Waals surface area contributed by atoms with E-state index in [1.165, 1.54) is 14.8 Å². The summed E-state index contributed by atoms with van der Waals surface area (Å²) >= 11 is 2.35. The monoisotopic (exact) mass is 359 g/mol. The van der Waals surface area contributed by atoms with Crippen LogP contribution in [-0.2, 0) is 4.74 Å². The second-order valence-electron chi connectivity index (χ2n) is 6.33. The molecule has 0 aromatic heterocycles. The molecule has 1 saturated heterocycles. The van der Waals surface area contributed by atoms with Crippen molar-refractivity contribution in [3.05, 3.63) is 27.3 Å². The third-order valence-corrected chi connectivity index (χ3v) is 4.26. The first-order chi connectivity index (χ1) is 8.20. The molecule has 0 bridgehead atoms. The molecule has 18 heavy (non-hydrogen) atoms. The van der Waals surface area contributed by atoms with E-state index in [4.69, 9.17) is 4.74 Å². The van der Waals surface area contributed by atoms with Crippen LogP contribution in [0.4, 0.5) is 5.69 Å². The van der Waals surface area contributed by atoms with E-state index in [2.05, 4.69) is 80.7 Å². The highest BCUT2D eigenvalue weighted by molar-refractivity contribution is 14.1. The number of benzene rings is 1. The van der Waals surface area contributed by atoms with Crippen LogP contribution >= 0.6 is 22.6 Å². The molecule has 1 N–H and O–H groups in total. The lowest BCUT2D eigenvalue weighted by Gasteiger charge is -2.28. The summed E-state index contributed by atoms with van der Waals surface area (Å²) in [5, 5.41) is 3.65. The highest BCUT2D eigenvalue weighted by Crippen LogP contribution is 2.39. The Balaban J connectivity index is 2.19. The third kappa shape index (κ3) is 2.99. The zero-order chi connectivity index (χ0) is 13.6. The molecule has 1 unspecified atom stereocenters. The summed E-state index contributed by atoms with van der Waals surface area (Å²) in [6.45, 7) is 10.8. The van der Waals surface area contributed by atoms with Crippen LogP contribution < -0.4 is 5.32 Å². The zero-order valence-electron chi connectivity index (χ0n) is 11.8. The minimum atomic E-state index is -0.126. The van der Waals surface area contributed by atoms with Crippen molar-refractivity contribution in [2.45, 2.75) is 58.3 Å². The van der Waals surface area contributed by atoms with E-state index in [1.54, 1.807) is 0 Å². The van der Waals surface area contributed by atoms with Crippen molar-refractivity contribution in [2.24, 2.45) is 0 Å². The maximum absolute atomic E-state index is 6.12. The Bertz CT molecular complexity index is 454. The van der Waals surface area contributed by atoms with Gasteiger partial charge in [-0.15, -0.1) is 0 Å². The fourth-order valence-corrected chi connectivity index (χ4v) is 3.41. The maximum Gasteiger partial charge on any atom is 0.0834 e. The van der Waals surface area contributed by atoms with Crippen molar-refractivity contribution in [3.63, 3.8) is 0 Å². The molecule has 1 fully saturated rings. The Labute approximate surface area is 124 Å². The van der Waals surface area contributed by atoms with Crippen LogP contribution in [0.1, 0.15) is 39.7 Å². The largest absolute Gasteiger partial charge is 0.379 e. The van der Waals surface area contributed by atoms with Crippen LogP contribution in [0.25, 0.3) is 0 Å². The predicted molar refractivity (Wildman–Crippen MR) is 85.2 cm³/mol. The number of nitrogens with one attached hydrogen (secondary N) is 1. The first-order valence-corrected chi connectivity index (χ1v) is 7.50. The van der Waals surface area contributed by atoms with Gasteiger partial charge < -0.3 is 10.1 Å². The lowest BCUT2D eigenvalue weighted by Crippen LogP contribution is -2.38. The summed E-state index contributed by atoms with van der Waals surface area (Å²) in [5.74, 6) is 0. The molecule has 0 amide bonds. The molecule has 0 radical (unpaired) electrons. The average Bonchev–Trinajstić information content (AvgIpc) is 2.39. The maximum atomic E-state index is 6.12. The topological polar surface area (TPSA) is 21.3 Å². The van der Waals surface area contributed by atoms with Gasteiger partial charge in [0.1, 0.15) is 0 Å². The van der Waals surface area contributed by atoms with E-state index < -0.39 is 0 Å². The van der Waals surface area contributed by atoms with Crippen molar-refractivity contribution < 1.29 is 4.74 Å². The minimum absolute atomic E-state index is 0.0434. The standard InChI is InChI=1S/C15H22INO/c1-10-8-11(16)6-7-12(10)17-13-9-14(2,3)18-15(13,4)5/h6-8,13,17H,9H2,1-5H3. The van der Waals surface area contributed by atoms with Crippen LogP contribution in [0.2, 0.25) is 0 Å². The Hall–Kier alpha value is -0.290. The average molecular weight is 359 g/mol. The lowest BCUT2D eigenvalue weighted by molar-refractivity contribution is -0.0662. The third-order valence-electron chi connectivity index (χ3n) is 3.59. The van der Waals surface area contributed by atoms with E-state index in [9.17, 15) is 0 Å². The van der Waals surface area contributed by atoms with Gasteiger partial charge in [0.25, 0.3) is 0 Å². The predicted octanol–water partition coefficient (Wildman–Crippen LogP) is 4.36. The molecule has 1 aromatic carbocycles. The number of hydrogen-bond acceptors (Lipinski definition) is 2. The Morgan fingerprint density at radius 3 is 2.44 bits per heavy atom. The number of anilines is 1. The van der Waals surface area contributed by atoms with Crippen LogP contribution in [0.3, 0.4) is 0 Å². The molecule has 100 valence electrons. The number of halogens is 1. The summed E-state index contributed by atoms with van der Waals surface area (Å²) in [7, 11) is 0. The van der Waals surface area contributed by atoms with E-state index in [0.29, 0.717) is 6.04 Å². The summed E-state index contributed by atoms with van der Waals surface area (Å²) in [6, 6.07) is 6.87. The Kier molecular flexibility index (Phi) is 3.67. The molecule has 1 aromatic rings. The van der Waals surface area contributed by atoms with E-state index >= 15 is 0 Å². The van der Waals surface area contributed by atoms with Crippen LogP contribution in [0.5, 0.6) is 0 Å². The zero-order valence-corrected chi connectivity index (χ0v) is 14.0. The first-order valence-electron chi connectivity index (χ1n) is 6.42. The summed E-state index contributed by atoms with van der Waals surface area (Å²) < 4.78 is 7.40. The number of rotatable bonds is 2. The van der Waals surface area contributed by atoms with Crippen LogP contribution in [0.15, 0.2) is 18.2 Å². The molecule has 0 spiro atoms. The van der Waals surface area contributed by atoms with Crippen LogP contribution in [-0.4, -0.2) is 17.2 Å². The molecule has 1 aliphatic heterocycles. The minimum Gasteiger partial charge on any atom is -0.379 e. The first kappa shape index (κ1) is 14.1. The van der Waals surface area contributed by atoms with Crippen molar-refractivity contribution in [2.75, 3.05) is 5.32 Å². The van der Waals surface area contributed by atoms with Gasteiger partial charge in [-0.3, -0.25) is 0 Å². The van der Waals surface area contributed by atoms with Gasteiger partial charge in [-0.1, -0.05) is 0 Å². The molecule has 1 aliphatic rings. The van der Waals surface area contributed by atoms with Crippen molar-refractivity contribution in [3.8, 4) is 0 Å². The van der Waals surface area contributed by atoms with E-state index in [0.717, 1.165) is 6.42 Å². The summed E-state index contributed by atoms with van der Waals surface area (Å²) in [4.78, 5) is 0. The van der Waals surface area contributed by atoms with Crippen molar-refractivity contribution in [1.29, 1.82) is 0 Å². The SMILES string of the molecule is Cc1cc(I)ccc1NC1CC(C)(C)OC1(C)C. The normalized spacial score (nSPS) is 25.1.